The van der Waals surface area contributed by atoms with Gasteiger partial charge in [0.05, 0.1) is 5.69 Å². The first-order valence-corrected chi connectivity index (χ1v) is 5.59. The van der Waals surface area contributed by atoms with Gasteiger partial charge in [-0.3, -0.25) is 0 Å². The number of hydrogen-bond donors (Lipinski definition) is 1. The summed E-state index contributed by atoms with van der Waals surface area (Å²) in [5, 5.41) is 7.26. The zero-order chi connectivity index (χ0) is 11.8. The number of aromatic nitrogens is 1. The summed E-state index contributed by atoms with van der Waals surface area (Å²) in [7, 11) is 3.75. The highest BCUT2D eigenvalue weighted by Crippen LogP contribution is 2.03. The fourth-order valence-corrected chi connectivity index (χ4v) is 1.29. The normalized spacial score (nSPS) is 11.2. The molecule has 0 aliphatic carbocycles. The van der Waals surface area contributed by atoms with Crippen molar-refractivity contribution in [3.8, 4) is 0 Å². The predicted octanol–water partition coefficient (Wildman–Crippen LogP) is 0.862. The molecule has 0 unspecified atom stereocenters. The van der Waals surface area contributed by atoms with Crippen molar-refractivity contribution < 1.29 is 9.26 Å². The Morgan fingerprint density at radius 1 is 1.56 bits per heavy atom. The van der Waals surface area contributed by atoms with Crippen molar-refractivity contribution in [3.05, 3.63) is 17.5 Å². The Morgan fingerprint density at radius 2 is 2.38 bits per heavy atom. The van der Waals surface area contributed by atoms with Gasteiger partial charge < -0.3 is 19.5 Å². The van der Waals surface area contributed by atoms with Crippen LogP contribution in [0.4, 0.5) is 0 Å². The van der Waals surface area contributed by atoms with Gasteiger partial charge in [0.2, 0.25) is 0 Å². The zero-order valence-corrected chi connectivity index (χ0v) is 10.3. The number of nitrogens with one attached hydrogen (secondary N) is 1. The zero-order valence-electron chi connectivity index (χ0n) is 10.3. The molecule has 5 heteroatoms. The van der Waals surface area contributed by atoms with E-state index in [4.69, 9.17) is 9.26 Å². The standard InChI is InChI=1S/C11H21N3O2/c1-4-14(2)6-5-12-8-10-7-11(9-15-3)16-13-10/h7,12H,4-6,8-9H2,1-3H3. The summed E-state index contributed by atoms with van der Waals surface area (Å²) >= 11 is 0. The van der Waals surface area contributed by atoms with Crippen molar-refractivity contribution in [2.45, 2.75) is 20.1 Å². The summed E-state index contributed by atoms with van der Waals surface area (Å²) in [5.41, 5.74) is 0.922. The average Bonchev–Trinajstić information content (AvgIpc) is 2.72. The highest BCUT2D eigenvalue weighted by Gasteiger charge is 2.03. The molecular weight excluding hydrogens is 206 g/mol. The molecule has 0 atom stereocenters. The predicted molar refractivity (Wildman–Crippen MR) is 62.1 cm³/mol. The fraction of sp³-hybridized carbons (Fsp3) is 0.727. The molecule has 0 aromatic carbocycles. The Kier molecular flexibility index (Phi) is 6.07. The second kappa shape index (κ2) is 7.38. The van der Waals surface area contributed by atoms with E-state index in [2.05, 4.69) is 29.3 Å². The number of hydrogen-bond acceptors (Lipinski definition) is 5. The van der Waals surface area contributed by atoms with Crippen molar-refractivity contribution in [1.82, 2.24) is 15.4 Å². The van der Waals surface area contributed by atoms with E-state index in [0.717, 1.165) is 37.6 Å². The number of rotatable bonds is 8. The Bertz CT molecular complexity index is 289. The third kappa shape index (κ3) is 4.74. The first-order valence-electron chi connectivity index (χ1n) is 5.59. The maximum absolute atomic E-state index is 5.08. The van der Waals surface area contributed by atoms with Crippen LogP contribution in [-0.4, -0.2) is 43.8 Å². The summed E-state index contributed by atoms with van der Waals surface area (Å²) in [6.45, 7) is 6.44. The number of methoxy groups -OCH3 is 1. The van der Waals surface area contributed by atoms with E-state index < -0.39 is 0 Å². The van der Waals surface area contributed by atoms with E-state index in [0.29, 0.717) is 6.61 Å². The molecule has 1 rings (SSSR count). The van der Waals surface area contributed by atoms with Gasteiger partial charge in [0, 0.05) is 32.8 Å². The van der Waals surface area contributed by atoms with Gasteiger partial charge in [0.25, 0.3) is 0 Å². The van der Waals surface area contributed by atoms with Crippen LogP contribution in [0.5, 0.6) is 0 Å². The molecule has 92 valence electrons. The Morgan fingerprint density at radius 3 is 3.06 bits per heavy atom. The summed E-state index contributed by atoms with van der Waals surface area (Å²) in [6.07, 6.45) is 0. The van der Waals surface area contributed by atoms with E-state index >= 15 is 0 Å². The third-order valence-corrected chi connectivity index (χ3v) is 2.41. The molecule has 1 heterocycles. The highest BCUT2D eigenvalue weighted by molar-refractivity contribution is 5.04. The van der Waals surface area contributed by atoms with Crippen molar-refractivity contribution >= 4 is 0 Å². The summed E-state index contributed by atoms with van der Waals surface area (Å²) in [5.74, 6) is 0.768. The fourth-order valence-electron chi connectivity index (χ4n) is 1.29. The molecule has 0 fully saturated rings. The average molecular weight is 227 g/mol. The van der Waals surface area contributed by atoms with Gasteiger partial charge in [0.1, 0.15) is 6.61 Å². The molecule has 0 saturated carbocycles. The number of ether oxygens (including phenoxy) is 1. The van der Waals surface area contributed by atoms with Gasteiger partial charge in [-0.2, -0.15) is 0 Å². The minimum Gasteiger partial charge on any atom is -0.377 e. The summed E-state index contributed by atoms with van der Waals surface area (Å²) in [4.78, 5) is 2.26. The largest absolute Gasteiger partial charge is 0.377 e. The Labute approximate surface area is 96.7 Å². The molecule has 0 radical (unpaired) electrons. The van der Waals surface area contributed by atoms with E-state index in [9.17, 15) is 0 Å². The highest BCUT2D eigenvalue weighted by atomic mass is 16.5. The minimum atomic E-state index is 0.478. The van der Waals surface area contributed by atoms with Crippen LogP contribution in [0.3, 0.4) is 0 Å². The van der Waals surface area contributed by atoms with Crippen LogP contribution in [0.15, 0.2) is 10.6 Å². The molecule has 0 spiro atoms. The van der Waals surface area contributed by atoms with Crippen LogP contribution in [0, 0.1) is 0 Å². The number of nitrogens with zero attached hydrogens (tertiary/aromatic N) is 2. The molecule has 0 aliphatic rings. The van der Waals surface area contributed by atoms with Crippen LogP contribution in [0.25, 0.3) is 0 Å². The van der Waals surface area contributed by atoms with Crippen molar-refractivity contribution in [2.24, 2.45) is 0 Å². The molecule has 0 aliphatic heterocycles. The van der Waals surface area contributed by atoms with E-state index in [1.54, 1.807) is 7.11 Å². The smallest absolute Gasteiger partial charge is 0.162 e. The molecule has 0 bridgehead atoms. The maximum atomic E-state index is 5.08. The van der Waals surface area contributed by atoms with Crippen LogP contribution < -0.4 is 5.32 Å². The molecule has 0 saturated heterocycles. The molecular formula is C11H21N3O2. The molecule has 1 aromatic heterocycles. The van der Waals surface area contributed by atoms with Crippen LogP contribution in [-0.2, 0) is 17.9 Å². The van der Waals surface area contributed by atoms with Gasteiger partial charge >= 0.3 is 0 Å². The van der Waals surface area contributed by atoms with Crippen LogP contribution in [0.1, 0.15) is 18.4 Å². The monoisotopic (exact) mass is 227 g/mol. The van der Waals surface area contributed by atoms with Gasteiger partial charge in [-0.1, -0.05) is 12.1 Å². The second-order valence-corrected chi connectivity index (χ2v) is 3.79. The quantitative estimate of drug-likeness (QED) is 0.668. The number of likely N-dealkylation sites (N-methyl/N-ethyl adjacent to an activating group) is 1. The lowest BCUT2D eigenvalue weighted by molar-refractivity contribution is 0.155. The Balaban J connectivity index is 2.16. The van der Waals surface area contributed by atoms with E-state index in [1.807, 2.05) is 6.07 Å². The third-order valence-electron chi connectivity index (χ3n) is 2.41. The summed E-state index contributed by atoms with van der Waals surface area (Å²) in [6, 6.07) is 1.92. The first-order chi connectivity index (χ1) is 7.76. The second-order valence-electron chi connectivity index (χ2n) is 3.79. The van der Waals surface area contributed by atoms with Gasteiger partial charge in [-0.05, 0) is 13.6 Å². The van der Waals surface area contributed by atoms with Crippen molar-refractivity contribution in [1.29, 1.82) is 0 Å². The SMILES string of the molecule is CCN(C)CCNCc1cc(COC)on1. The molecule has 0 amide bonds. The topological polar surface area (TPSA) is 50.5 Å². The molecule has 1 aromatic rings. The van der Waals surface area contributed by atoms with Crippen LogP contribution >= 0.6 is 0 Å². The lowest BCUT2D eigenvalue weighted by atomic mass is 10.3. The maximum Gasteiger partial charge on any atom is 0.162 e. The molecule has 5 nitrogen and oxygen atoms in total. The summed E-state index contributed by atoms with van der Waals surface area (Å²) < 4.78 is 10.0. The van der Waals surface area contributed by atoms with Gasteiger partial charge in [-0.25, -0.2) is 0 Å². The Hall–Kier alpha value is -0.910. The van der Waals surface area contributed by atoms with E-state index in [1.165, 1.54) is 0 Å². The lowest BCUT2D eigenvalue weighted by Crippen LogP contribution is -2.28. The first kappa shape index (κ1) is 13.2. The molecule has 1 N–H and O–H groups in total. The van der Waals surface area contributed by atoms with E-state index in [-0.39, 0.29) is 0 Å². The lowest BCUT2D eigenvalue weighted by Gasteiger charge is -2.13. The van der Waals surface area contributed by atoms with Gasteiger partial charge in [0.15, 0.2) is 5.76 Å². The molecule has 16 heavy (non-hydrogen) atoms. The van der Waals surface area contributed by atoms with Crippen molar-refractivity contribution in [2.75, 3.05) is 33.8 Å². The van der Waals surface area contributed by atoms with Gasteiger partial charge in [-0.15, -0.1) is 0 Å². The minimum absolute atomic E-state index is 0.478. The van der Waals surface area contributed by atoms with Crippen molar-refractivity contribution in [3.63, 3.8) is 0 Å². The van der Waals surface area contributed by atoms with Crippen LogP contribution in [0.2, 0.25) is 0 Å².